The fraction of sp³-hybridized carbons (Fsp3) is 0.167. The Labute approximate surface area is 170 Å². The summed E-state index contributed by atoms with van der Waals surface area (Å²) in [7, 11) is 1.21. The largest absolute Gasteiger partial charge is 0.467 e. The van der Waals surface area contributed by atoms with Crippen molar-refractivity contribution < 1.29 is 19.4 Å². The molecule has 0 aliphatic rings. The third kappa shape index (κ3) is 5.09. The quantitative estimate of drug-likeness (QED) is 0.609. The van der Waals surface area contributed by atoms with Crippen LogP contribution in [0.2, 0.25) is 0 Å². The van der Waals surface area contributed by atoms with Gasteiger partial charge in [-0.1, -0.05) is 78.9 Å². The third-order valence-corrected chi connectivity index (χ3v) is 4.70. The Kier molecular flexibility index (Phi) is 6.76. The van der Waals surface area contributed by atoms with Crippen molar-refractivity contribution in [2.75, 3.05) is 7.11 Å². The number of nitrogens with one attached hydrogen (secondary N) is 1. The summed E-state index contributed by atoms with van der Waals surface area (Å²) in [6, 6.07) is 25.3. The molecule has 148 valence electrons. The molecule has 5 heteroatoms. The van der Waals surface area contributed by atoms with E-state index in [1.807, 2.05) is 72.8 Å². The molecule has 1 amide bonds. The van der Waals surface area contributed by atoms with Gasteiger partial charge in [-0.05, 0) is 29.2 Å². The molecule has 5 nitrogen and oxygen atoms in total. The number of esters is 1. The molecule has 0 aliphatic carbocycles. The minimum atomic E-state index is -1.48. The highest BCUT2D eigenvalue weighted by Crippen LogP contribution is 2.23. The van der Waals surface area contributed by atoms with E-state index in [1.54, 1.807) is 12.1 Å². The first-order valence-electron chi connectivity index (χ1n) is 9.35. The SMILES string of the molecule is COC(=O)C(O)C(Cc1ccccc1)NC(=O)c1ccccc1-c1ccccc1. The zero-order valence-electron chi connectivity index (χ0n) is 16.1. The molecule has 0 saturated carbocycles. The average molecular weight is 389 g/mol. The van der Waals surface area contributed by atoms with Crippen LogP contribution in [0.1, 0.15) is 15.9 Å². The second-order valence-corrected chi connectivity index (χ2v) is 6.65. The van der Waals surface area contributed by atoms with Crippen LogP contribution in [0.25, 0.3) is 11.1 Å². The highest BCUT2D eigenvalue weighted by atomic mass is 16.5. The molecule has 3 rings (SSSR count). The lowest BCUT2D eigenvalue weighted by atomic mass is 9.97. The van der Waals surface area contributed by atoms with E-state index in [9.17, 15) is 14.7 Å². The Morgan fingerprint density at radius 2 is 1.48 bits per heavy atom. The maximum Gasteiger partial charge on any atom is 0.336 e. The lowest BCUT2D eigenvalue weighted by Gasteiger charge is -2.23. The van der Waals surface area contributed by atoms with Crippen LogP contribution in [0.15, 0.2) is 84.9 Å². The highest BCUT2D eigenvalue weighted by Gasteiger charge is 2.29. The van der Waals surface area contributed by atoms with Crippen LogP contribution in [0, 0.1) is 0 Å². The third-order valence-electron chi connectivity index (χ3n) is 4.70. The van der Waals surface area contributed by atoms with Crippen LogP contribution >= 0.6 is 0 Å². The molecule has 2 atom stereocenters. The van der Waals surface area contributed by atoms with Gasteiger partial charge < -0.3 is 15.2 Å². The molecular formula is C24H23NO4. The number of benzene rings is 3. The predicted molar refractivity (Wildman–Crippen MR) is 111 cm³/mol. The fourth-order valence-corrected chi connectivity index (χ4v) is 3.19. The highest BCUT2D eigenvalue weighted by molar-refractivity contribution is 6.01. The molecule has 2 N–H and O–H groups in total. The van der Waals surface area contributed by atoms with E-state index in [0.29, 0.717) is 5.56 Å². The Morgan fingerprint density at radius 1 is 0.897 bits per heavy atom. The van der Waals surface area contributed by atoms with E-state index in [4.69, 9.17) is 0 Å². The number of hydrogen-bond donors (Lipinski definition) is 2. The van der Waals surface area contributed by atoms with Gasteiger partial charge in [0.25, 0.3) is 5.91 Å². The van der Waals surface area contributed by atoms with Gasteiger partial charge in [0.05, 0.1) is 13.2 Å². The summed E-state index contributed by atoms with van der Waals surface area (Å²) in [5, 5.41) is 13.2. The van der Waals surface area contributed by atoms with Gasteiger partial charge in [0.2, 0.25) is 0 Å². The van der Waals surface area contributed by atoms with Gasteiger partial charge in [0.15, 0.2) is 6.10 Å². The van der Waals surface area contributed by atoms with Crippen LogP contribution in [0.3, 0.4) is 0 Å². The first-order chi connectivity index (χ1) is 14.1. The lowest BCUT2D eigenvalue weighted by Crippen LogP contribution is -2.48. The summed E-state index contributed by atoms with van der Waals surface area (Å²) in [5.41, 5.74) is 3.04. The molecule has 0 spiro atoms. The van der Waals surface area contributed by atoms with Crippen LogP contribution in [0.5, 0.6) is 0 Å². The van der Waals surface area contributed by atoms with Crippen LogP contribution < -0.4 is 5.32 Å². The molecule has 0 fully saturated rings. The van der Waals surface area contributed by atoms with Gasteiger partial charge in [-0.2, -0.15) is 0 Å². The maximum atomic E-state index is 13.1. The summed E-state index contributed by atoms with van der Waals surface area (Å²) < 4.78 is 4.67. The van der Waals surface area contributed by atoms with Crippen LogP contribution in [-0.4, -0.2) is 36.2 Å². The van der Waals surface area contributed by atoms with E-state index >= 15 is 0 Å². The number of carbonyl (C=O) groups is 2. The van der Waals surface area contributed by atoms with Crippen molar-refractivity contribution in [1.29, 1.82) is 0 Å². The standard InChI is InChI=1S/C24H23NO4/c1-29-24(28)22(26)21(16-17-10-4-2-5-11-17)25-23(27)20-15-9-8-14-19(20)18-12-6-3-7-13-18/h2-15,21-22,26H,16H2,1H3,(H,25,27). The van der Waals surface area contributed by atoms with E-state index in [0.717, 1.165) is 16.7 Å². The summed E-state index contributed by atoms with van der Waals surface area (Å²) in [4.78, 5) is 25.0. The van der Waals surface area contributed by atoms with Gasteiger partial charge >= 0.3 is 5.97 Å². The Balaban J connectivity index is 1.88. The van der Waals surface area contributed by atoms with Gasteiger partial charge in [0, 0.05) is 5.56 Å². The van der Waals surface area contributed by atoms with Gasteiger partial charge in [0.1, 0.15) is 0 Å². The Hall–Kier alpha value is -3.44. The average Bonchev–Trinajstić information content (AvgIpc) is 2.78. The van der Waals surface area contributed by atoms with E-state index in [1.165, 1.54) is 7.11 Å². The van der Waals surface area contributed by atoms with Crippen molar-refractivity contribution in [2.45, 2.75) is 18.6 Å². The van der Waals surface area contributed by atoms with Crippen molar-refractivity contribution >= 4 is 11.9 Å². The number of ether oxygens (including phenoxy) is 1. The number of amides is 1. The van der Waals surface area contributed by atoms with E-state index in [2.05, 4.69) is 10.1 Å². The molecular weight excluding hydrogens is 366 g/mol. The van der Waals surface area contributed by atoms with Crippen molar-refractivity contribution in [3.05, 3.63) is 96.1 Å². The minimum Gasteiger partial charge on any atom is -0.467 e. The molecule has 0 bridgehead atoms. The van der Waals surface area contributed by atoms with Crippen molar-refractivity contribution in [3.8, 4) is 11.1 Å². The van der Waals surface area contributed by atoms with Crippen molar-refractivity contribution in [1.82, 2.24) is 5.32 Å². The second kappa shape index (κ2) is 9.66. The van der Waals surface area contributed by atoms with Gasteiger partial charge in [-0.15, -0.1) is 0 Å². The van der Waals surface area contributed by atoms with Crippen molar-refractivity contribution in [3.63, 3.8) is 0 Å². The molecule has 3 aromatic carbocycles. The first kappa shape index (κ1) is 20.3. The predicted octanol–water partition coefficient (Wildman–Crippen LogP) is 3.23. The zero-order chi connectivity index (χ0) is 20.6. The van der Waals surface area contributed by atoms with Gasteiger partial charge in [-0.25, -0.2) is 4.79 Å². The second-order valence-electron chi connectivity index (χ2n) is 6.65. The van der Waals surface area contributed by atoms with Crippen LogP contribution in [-0.2, 0) is 16.0 Å². The number of hydrogen-bond acceptors (Lipinski definition) is 4. The Morgan fingerprint density at radius 3 is 2.14 bits per heavy atom. The summed E-state index contributed by atoms with van der Waals surface area (Å²) in [6.45, 7) is 0. The number of aliphatic hydroxyl groups is 1. The molecule has 0 saturated heterocycles. The maximum absolute atomic E-state index is 13.1. The first-order valence-corrected chi connectivity index (χ1v) is 9.35. The molecule has 0 heterocycles. The molecule has 2 unspecified atom stereocenters. The van der Waals surface area contributed by atoms with Crippen LogP contribution in [0.4, 0.5) is 0 Å². The molecule has 3 aromatic rings. The smallest absolute Gasteiger partial charge is 0.336 e. The summed E-state index contributed by atoms with van der Waals surface area (Å²) in [5.74, 6) is -1.16. The summed E-state index contributed by atoms with van der Waals surface area (Å²) in [6.07, 6.45) is -1.19. The topological polar surface area (TPSA) is 75.6 Å². The lowest BCUT2D eigenvalue weighted by molar-refractivity contribution is -0.151. The van der Waals surface area contributed by atoms with Crippen molar-refractivity contribution in [2.24, 2.45) is 0 Å². The van der Waals surface area contributed by atoms with Gasteiger partial charge in [-0.3, -0.25) is 4.79 Å². The minimum absolute atomic E-state index is 0.288. The molecule has 29 heavy (non-hydrogen) atoms. The van der Waals surface area contributed by atoms with E-state index < -0.39 is 18.1 Å². The number of aliphatic hydroxyl groups excluding tert-OH is 1. The normalized spacial score (nSPS) is 12.6. The molecule has 0 radical (unpaired) electrons. The molecule has 0 aliphatic heterocycles. The fourth-order valence-electron chi connectivity index (χ4n) is 3.19. The number of rotatable bonds is 7. The van der Waals surface area contributed by atoms with E-state index in [-0.39, 0.29) is 12.3 Å². The zero-order valence-corrected chi connectivity index (χ0v) is 16.1. The Bertz CT molecular complexity index is 957. The monoisotopic (exact) mass is 389 g/mol. The number of carbonyl (C=O) groups excluding carboxylic acids is 2. The number of methoxy groups -OCH3 is 1. The summed E-state index contributed by atoms with van der Waals surface area (Å²) >= 11 is 0. The molecule has 0 aromatic heterocycles.